The molecule has 3 aliphatic heterocycles. The van der Waals surface area contributed by atoms with E-state index in [2.05, 4.69) is 20.2 Å². The molecule has 0 radical (unpaired) electrons. The van der Waals surface area contributed by atoms with Crippen LogP contribution in [0.5, 0.6) is 6.01 Å². The smallest absolute Gasteiger partial charge is 0.411 e. The Kier molecular flexibility index (Phi) is 12.3. The fourth-order valence-electron chi connectivity index (χ4n) is 7.47. The number of rotatable bonds is 11. The van der Waals surface area contributed by atoms with Crippen LogP contribution in [-0.2, 0) is 23.7 Å². The van der Waals surface area contributed by atoms with Gasteiger partial charge in [0.1, 0.15) is 34.7 Å². The summed E-state index contributed by atoms with van der Waals surface area (Å²) in [7, 11) is 1.96. The normalized spacial score (nSPS) is 23.2. The molecule has 0 saturated carbocycles. The van der Waals surface area contributed by atoms with Gasteiger partial charge in [-0.05, 0) is 102 Å². The lowest BCUT2D eigenvalue weighted by atomic mass is 9.95. The number of carbonyl (C=O) groups excluding carboxylic acids is 3. The van der Waals surface area contributed by atoms with E-state index in [1.165, 1.54) is 6.20 Å². The minimum atomic E-state index is -0.875. The number of halogens is 2. The van der Waals surface area contributed by atoms with Crippen molar-refractivity contribution >= 4 is 46.5 Å². The lowest BCUT2D eigenvalue weighted by Gasteiger charge is -2.49. The third-order valence-corrected chi connectivity index (χ3v) is 10.1. The number of nitrogens with zero attached hydrogens (tertiary/aromatic N) is 6. The van der Waals surface area contributed by atoms with Crippen molar-refractivity contribution in [3.63, 3.8) is 0 Å². The van der Waals surface area contributed by atoms with E-state index < -0.39 is 45.9 Å². The summed E-state index contributed by atoms with van der Waals surface area (Å²) < 4.78 is 45.0. The number of carbonyl (C=O) groups is 3. The van der Waals surface area contributed by atoms with Crippen LogP contribution >= 0.6 is 11.6 Å². The van der Waals surface area contributed by atoms with E-state index >= 15 is 4.39 Å². The van der Waals surface area contributed by atoms with E-state index in [4.69, 9.17) is 40.3 Å². The number of likely N-dealkylation sites (N-methyl/N-ethyl adjacent to an activating group) is 1. The summed E-state index contributed by atoms with van der Waals surface area (Å²) in [6.45, 7) is 18.2. The van der Waals surface area contributed by atoms with Crippen molar-refractivity contribution in [1.29, 1.82) is 0 Å². The van der Waals surface area contributed by atoms with Gasteiger partial charge in [-0.2, -0.15) is 9.97 Å². The Morgan fingerprint density at radius 3 is 2.31 bits per heavy atom. The highest BCUT2D eigenvalue weighted by atomic mass is 35.5. The molecule has 2 amide bonds. The van der Waals surface area contributed by atoms with E-state index in [0.717, 1.165) is 13.0 Å². The molecule has 55 heavy (non-hydrogen) atoms. The van der Waals surface area contributed by atoms with Crippen molar-refractivity contribution < 1.29 is 42.5 Å². The van der Waals surface area contributed by atoms with Crippen molar-refractivity contribution in [3.05, 3.63) is 17.2 Å². The molecule has 2 bridgehead atoms. The van der Waals surface area contributed by atoms with Crippen molar-refractivity contribution in [2.45, 2.75) is 128 Å². The van der Waals surface area contributed by atoms with Crippen molar-refractivity contribution in [2.24, 2.45) is 0 Å². The Labute approximate surface area is 327 Å². The summed E-state index contributed by atoms with van der Waals surface area (Å²) in [6.07, 6.45) is 3.30. The lowest BCUT2D eigenvalue weighted by Crippen LogP contribution is -2.66. The third-order valence-electron chi connectivity index (χ3n) is 9.84. The van der Waals surface area contributed by atoms with E-state index in [-0.39, 0.29) is 68.0 Å². The third kappa shape index (κ3) is 10.4. The molecule has 306 valence electrons. The second-order valence-electron chi connectivity index (χ2n) is 17.9. The summed E-state index contributed by atoms with van der Waals surface area (Å²) >= 11 is 6.16. The number of pyridine rings is 1. The number of nitrogens with one attached hydrogen (secondary N) is 1. The first-order chi connectivity index (χ1) is 25.5. The molecule has 5 heterocycles. The van der Waals surface area contributed by atoms with Gasteiger partial charge >= 0.3 is 24.2 Å². The van der Waals surface area contributed by atoms with Crippen molar-refractivity contribution in [2.75, 3.05) is 57.9 Å². The summed E-state index contributed by atoms with van der Waals surface area (Å²) in [5.74, 6) is -0.844. The topological polar surface area (TPSA) is 158 Å². The van der Waals surface area contributed by atoms with E-state index in [0.29, 0.717) is 37.0 Å². The van der Waals surface area contributed by atoms with Crippen LogP contribution in [0.15, 0.2) is 6.20 Å². The highest BCUT2D eigenvalue weighted by molar-refractivity contribution is 6.30. The van der Waals surface area contributed by atoms with Gasteiger partial charge in [0.25, 0.3) is 0 Å². The van der Waals surface area contributed by atoms with Crippen LogP contribution in [0.1, 0.15) is 94.4 Å². The maximum absolute atomic E-state index is 15.7. The van der Waals surface area contributed by atoms with Crippen LogP contribution in [0, 0.1) is 5.82 Å². The average molecular weight is 794 g/mol. The van der Waals surface area contributed by atoms with Gasteiger partial charge in [-0.15, -0.1) is 0 Å². The van der Waals surface area contributed by atoms with Gasteiger partial charge in [-0.3, -0.25) is 14.6 Å². The fraction of sp³-hybridized carbons (Fsp3) is 0.737. The maximum atomic E-state index is 15.7. The molecular formula is C38H57ClFN7O8. The van der Waals surface area contributed by atoms with Crippen LogP contribution in [0.2, 0.25) is 5.15 Å². The van der Waals surface area contributed by atoms with Crippen LogP contribution < -0.4 is 15.0 Å². The predicted octanol–water partition coefficient (Wildman–Crippen LogP) is 5.89. The second kappa shape index (κ2) is 16.0. The van der Waals surface area contributed by atoms with Crippen LogP contribution in [0.3, 0.4) is 0 Å². The monoisotopic (exact) mass is 793 g/mol. The quantitative estimate of drug-likeness (QED) is 0.124. The first kappa shape index (κ1) is 42.4. The highest BCUT2D eigenvalue weighted by Crippen LogP contribution is 2.43. The zero-order valence-electron chi connectivity index (χ0n) is 33.8. The summed E-state index contributed by atoms with van der Waals surface area (Å²) in [5, 5.41) is 2.86. The molecule has 15 nitrogen and oxygen atoms in total. The molecule has 3 unspecified atom stereocenters. The van der Waals surface area contributed by atoms with E-state index in [1.807, 2.05) is 32.7 Å². The van der Waals surface area contributed by atoms with Gasteiger partial charge in [0.2, 0.25) is 0 Å². The summed E-state index contributed by atoms with van der Waals surface area (Å²) in [5.41, 5.74) is -3.57. The minimum Gasteiger partial charge on any atom is -0.461 e. The number of hydrogen-bond donors (Lipinski definition) is 1. The molecular weight excluding hydrogens is 737 g/mol. The summed E-state index contributed by atoms with van der Waals surface area (Å²) in [6, 6.07) is -0.378. The van der Waals surface area contributed by atoms with Gasteiger partial charge in [0.15, 0.2) is 11.0 Å². The van der Waals surface area contributed by atoms with Crippen LogP contribution in [-0.4, -0.2) is 130 Å². The van der Waals surface area contributed by atoms with Crippen LogP contribution in [0.4, 0.5) is 19.8 Å². The molecule has 2 aromatic heterocycles. The number of alkyl carbamates (subject to hydrolysis) is 1. The molecule has 3 aliphatic rings. The Hall–Kier alpha value is -3.76. The molecule has 1 N–H and O–H groups in total. The number of aromatic nitrogens is 3. The number of ether oxygens (including phenoxy) is 5. The first-order valence-corrected chi connectivity index (χ1v) is 19.3. The number of likely N-dealkylation sites (tertiary alicyclic amines) is 1. The first-order valence-electron chi connectivity index (χ1n) is 18.9. The number of esters is 1. The molecule has 2 aromatic rings. The van der Waals surface area contributed by atoms with Crippen LogP contribution in [0.25, 0.3) is 10.9 Å². The van der Waals surface area contributed by atoms with Gasteiger partial charge in [0, 0.05) is 25.8 Å². The Morgan fingerprint density at radius 1 is 0.982 bits per heavy atom. The SMILES string of the molecule is CN1CCCC1(CNC(=O)OC(C)(C)C)COc1nc(N2CC3CCC(COCCC(=O)OC(C)(C)C)(C2)N3C(=O)OC(C)(C)C)c2cnc(Cl)c(F)c2n1. The lowest BCUT2D eigenvalue weighted by molar-refractivity contribution is -0.156. The zero-order chi connectivity index (χ0) is 40.6. The molecule has 3 saturated heterocycles. The molecule has 17 heteroatoms. The molecule has 3 fully saturated rings. The number of hydrogen-bond acceptors (Lipinski definition) is 13. The fourth-order valence-corrected chi connectivity index (χ4v) is 7.61. The van der Waals surface area contributed by atoms with Gasteiger partial charge < -0.3 is 33.9 Å². The van der Waals surface area contributed by atoms with Crippen molar-refractivity contribution in [3.8, 4) is 6.01 Å². The molecule has 0 aromatic carbocycles. The average Bonchev–Trinajstić information content (AvgIpc) is 3.53. The van der Waals surface area contributed by atoms with Gasteiger partial charge in [0.05, 0.1) is 42.1 Å². The van der Waals surface area contributed by atoms with E-state index in [1.54, 1.807) is 46.4 Å². The summed E-state index contributed by atoms with van der Waals surface area (Å²) in [4.78, 5) is 58.1. The number of fused-ring (bicyclic) bond motifs is 3. The van der Waals surface area contributed by atoms with Crippen molar-refractivity contribution in [1.82, 2.24) is 30.1 Å². The van der Waals surface area contributed by atoms with Gasteiger partial charge in [-0.1, -0.05) is 11.6 Å². The van der Waals surface area contributed by atoms with Gasteiger partial charge in [-0.25, -0.2) is 19.0 Å². The molecule has 0 aliphatic carbocycles. The number of amides is 2. The predicted molar refractivity (Wildman–Crippen MR) is 204 cm³/mol. The standard InChI is InChI=1S/C38H57ClFN7O8/c1-34(2,3)53-26(48)13-17-51-22-38-15-12-24(47(38)33(50)55-36(7,8)9)19-46(21-38)30-25-18-41-29(39)27(40)28(25)43-31(44-30)52-23-37(14-11-16-45(37)10)20-42-32(49)54-35(4,5)6/h18,24H,11-17,19-23H2,1-10H3,(H,42,49). The second-order valence-corrected chi connectivity index (χ2v) is 18.2. The number of anilines is 1. The maximum Gasteiger partial charge on any atom is 0.411 e. The minimum absolute atomic E-state index is 0.0415. The number of piperazine rings is 1. The largest absolute Gasteiger partial charge is 0.461 e. The Bertz CT molecular complexity index is 1750. The Balaban J connectivity index is 1.44. The molecule has 0 spiro atoms. The Morgan fingerprint density at radius 2 is 1.67 bits per heavy atom. The molecule has 3 atom stereocenters. The molecule has 5 rings (SSSR count). The highest BCUT2D eigenvalue weighted by Gasteiger charge is 2.55. The van der Waals surface area contributed by atoms with E-state index in [9.17, 15) is 14.4 Å². The zero-order valence-corrected chi connectivity index (χ0v) is 34.6.